The molecule has 0 atom stereocenters. The lowest BCUT2D eigenvalue weighted by Gasteiger charge is -2.20. The van der Waals surface area contributed by atoms with E-state index in [-0.39, 0.29) is 0 Å². The topological polar surface area (TPSA) is 40.5 Å². The van der Waals surface area contributed by atoms with Crippen LogP contribution in [0.15, 0.2) is 18.2 Å². The fraction of sp³-hybridized carbons (Fsp3) is 0.250. The van der Waals surface area contributed by atoms with Crippen LogP contribution in [-0.2, 0) is 10.9 Å². The fourth-order valence-electron chi connectivity index (χ4n) is 1.08. The molecule has 1 rings (SSSR count). The van der Waals surface area contributed by atoms with Crippen molar-refractivity contribution in [2.75, 3.05) is 0 Å². The third-order valence-corrected chi connectivity index (χ3v) is 2.03. The van der Waals surface area contributed by atoms with Gasteiger partial charge in [0.25, 0.3) is 4.70 Å². The van der Waals surface area contributed by atoms with E-state index in [0.717, 1.165) is 6.07 Å². The zero-order valence-corrected chi connectivity index (χ0v) is 8.60. The van der Waals surface area contributed by atoms with Crippen LogP contribution in [0.25, 0.3) is 0 Å². The Morgan fingerprint density at radius 3 is 2.00 bits per heavy atom. The Balaban J connectivity index is 3.48. The van der Waals surface area contributed by atoms with E-state index >= 15 is 0 Å². The number of halogens is 5. The molecule has 1 aromatic rings. The molecule has 0 spiro atoms. The summed E-state index contributed by atoms with van der Waals surface area (Å²) < 4.78 is 47.0. The van der Waals surface area contributed by atoms with E-state index in [1.54, 1.807) is 0 Å². The van der Waals surface area contributed by atoms with E-state index in [4.69, 9.17) is 10.2 Å². The summed E-state index contributed by atoms with van der Waals surface area (Å²) in [6.07, 6.45) is -4.86. The van der Waals surface area contributed by atoms with Gasteiger partial charge in [0.05, 0.1) is 11.1 Å². The molecular weight excluding hydrogens is 284 g/mol. The highest BCUT2D eigenvalue weighted by molar-refractivity contribution is 9.09. The first-order chi connectivity index (χ1) is 6.64. The van der Waals surface area contributed by atoms with Crippen LogP contribution in [0.4, 0.5) is 17.6 Å². The summed E-state index contributed by atoms with van der Waals surface area (Å²) in [6, 6.07) is 2.09. The Labute approximate surface area is 90.3 Å². The van der Waals surface area contributed by atoms with E-state index < -0.39 is 27.8 Å². The highest BCUT2D eigenvalue weighted by Crippen LogP contribution is 2.39. The van der Waals surface area contributed by atoms with Gasteiger partial charge in [-0.2, -0.15) is 13.2 Å². The summed E-state index contributed by atoms with van der Waals surface area (Å²) >= 11 is 2.15. The molecule has 0 aromatic heterocycles. The first-order valence-electron chi connectivity index (χ1n) is 3.64. The lowest BCUT2D eigenvalue weighted by Crippen LogP contribution is -2.23. The van der Waals surface area contributed by atoms with Gasteiger partial charge in [0.2, 0.25) is 0 Å². The van der Waals surface area contributed by atoms with Crippen LogP contribution in [0, 0.1) is 5.82 Å². The molecule has 0 heterocycles. The third-order valence-electron chi connectivity index (χ3n) is 1.64. The summed E-state index contributed by atoms with van der Waals surface area (Å²) in [5.74, 6) is -1.35. The number of alkyl halides is 4. The van der Waals surface area contributed by atoms with Crippen molar-refractivity contribution >= 4 is 15.9 Å². The minimum atomic E-state index is -4.86. The second-order valence-corrected chi connectivity index (χ2v) is 3.85. The lowest BCUT2D eigenvalue weighted by atomic mass is 10.1. The molecule has 0 fully saturated rings. The molecule has 0 aliphatic carbocycles. The number of hydrogen-bond acceptors (Lipinski definition) is 2. The molecular formula is C8H5BrF4O2. The minimum Gasteiger partial charge on any atom is -0.353 e. The Hall–Kier alpha value is -0.660. The molecule has 0 aliphatic heterocycles. The normalized spacial score (nSPS) is 13.0. The minimum absolute atomic E-state index is 0.556. The van der Waals surface area contributed by atoms with E-state index in [0.29, 0.717) is 12.1 Å². The van der Waals surface area contributed by atoms with Crippen molar-refractivity contribution in [3.8, 4) is 0 Å². The molecule has 0 aliphatic rings. The average Bonchev–Trinajstić information content (AvgIpc) is 1.99. The number of aliphatic hydroxyl groups is 2. The van der Waals surface area contributed by atoms with Crippen molar-refractivity contribution in [3.63, 3.8) is 0 Å². The van der Waals surface area contributed by atoms with E-state index in [1.165, 1.54) is 0 Å². The summed E-state index contributed by atoms with van der Waals surface area (Å²) in [5, 5.41) is 17.9. The van der Waals surface area contributed by atoms with Gasteiger partial charge in [-0.15, -0.1) is 0 Å². The van der Waals surface area contributed by atoms with Crippen LogP contribution in [0.2, 0.25) is 0 Å². The van der Waals surface area contributed by atoms with Crippen LogP contribution < -0.4 is 0 Å². The van der Waals surface area contributed by atoms with Crippen LogP contribution in [0.1, 0.15) is 11.1 Å². The molecule has 0 saturated heterocycles. The van der Waals surface area contributed by atoms with Gasteiger partial charge in [0, 0.05) is 0 Å². The van der Waals surface area contributed by atoms with Crippen molar-refractivity contribution in [2.45, 2.75) is 10.9 Å². The summed E-state index contributed by atoms with van der Waals surface area (Å²) in [4.78, 5) is 0. The number of rotatable bonds is 1. The molecule has 2 N–H and O–H groups in total. The highest BCUT2D eigenvalue weighted by Gasteiger charge is 2.40. The van der Waals surface area contributed by atoms with Gasteiger partial charge in [-0.1, -0.05) is 6.07 Å². The predicted molar refractivity (Wildman–Crippen MR) is 46.4 cm³/mol. The maximum Gasteiger partial charge on any atom is 0.417 e. The quantitative estimate of drug-likeness (QED) is 0.473. The molecule has 0 saturated carbocycles. The summed E-state index contributed by atoms with van der Waals surface area (Å²) in [5.41, 5.74) is -2.69. The van der Waals surface area contributed by atoms with Crippen molar-refractivity contribution in [1.29, 1.82) is 0 Å². The Morgan fingerprint density at radius 2 is 1.67 bits per heavy atom. The Morgan fingerprint density at radius 1 is 1.13 bits per heavy atom. The smallest absolute Gasteiger partial charge is 0.353 e. The van der Waals surface area contributed by atoms with Crippen molar-refractivity contribution in [2.24, 2.45) is 0 Å². The van der Waals surface area contributed by atoms with Crippen molar-refractivity contribution in [3.05, 3.63) is 35.1 Å². The van der Waals surface area contributed by atoms with Gasteiger partial charge in [0.1, 0.15) is 5.82 Å². The lowest BCUT2D eigenvalue weighted by molar-refractivity contribution is -0.145. The van der Waals surface area contributed by atoms with Crippen LogP contribution in [0.5, 0.6) is 0 Å². The zero-order valence-electron chi connectivity index (χ0n) is 7.02. The molecule has 1 aromatic carbocycles. The van der Waals surface area contributed by atoms with Gasteiger partial charge in [0.15, 0.2) is 0 Å². The van der Waals surface area contributed by atoms with Crippen molar-refractivity contribution < 1.29 is 27.8 Å². The van der Waals surface area contributed by atoms with Gasteiger partial charge in [-0.05, 0) is 28.1 Å². The Kier molecular flexibility index (Phi) is 3.09. The molecule has 0 radical (unpaired) electrons. The first-order valence-corrected chi connectivity index (χ1v) is 4.43. The van der Waals surface area contributed by atoms with Gasteiger partial charge in [-0.25, -0.2) is 4.39 Å². The van der Waals surface area contributed by atoms with Gasteiger partial charge < -0.3 is 10.2 Å². The van der Waals surface area contributed by atoms with Crippen molar-refractivity contribution in [1.82, 2.24) is 0 Å². The molecule has 0 amide bonds. The fourth-order valence-corrected chi connectivity index (χ4v) is 1.49. The molecule has 0 unspecified atom stereocenters. The SMILES string of the molecule is OC(O)(Br)c1c(F)cccc1C(F)(F)F. The molecule has 84 valence electrons. The van der Waals surface area contributed by atoms with Crippen LogP contribution in [-0.4, -0.2) is 10.2 Å². The maximum atomic E-state index is 13.0. The highest BCUT2D eigenvalue weighted by atomic mass is 79.9. The third kappa shape index (κ3) is 2.67. The zero-order chi connectivity index (χ0) is 11.9. The van der Waals surface area contributed by atoms with E-state index in [9.17, 15) is 17.6 Å². The summed E-state index contributed by atoms with van der Waals surface area (Å²) in [6.45, 7) is 0. The van der Waals surface area contributed by atoms with Crippen LogP contribution >= 0.6 is 15.9 Å². The number of hydrogen-bond donors (Lipinski definition) is 2. The van der Waals surface area contributed by atoms with Crippen LogP contribution in [0.3, 0.4) is 0 Å². The van der Waals surface area contributed by atoms with E-state index in [1.807, 2.05) is 0 Å². The van der Waals surface area contributed by atoms with Gasteiger partial charge in [-0.3, -0.25) is 0 Å². The monoisotopic (exact) mass is 288 g/mol. The largest absolute Gasteiger partial charge is 0.417 e. The summed E-state index contributed by atoms with van der Waals surface area (Å²) in [7, 11) is 0. The Bertz CT molecular complexity index is 370. The predicted octanol–water partition coefficient (Wildman–Crippen LogP) is 2.33. The molecule has 2 nitrogen and oxygen atoms in total. The average molecular weight is 289 g/mol. The standard InChI is InChI=1S/C8H5BrF4O2/c9-7(14,15)6-4(8(11,12)13)2-1-3-5(6)10/h1-3,14-15H. The second-order valence-electron chi connectivity index (χ2n) is 2.75. The molecule has 15 heavy (non-hydrogen) atoms. The maximum absolute atomic E-state index is 13.0. The second kappa shape index (κ2) is 3.73. The molecule has 0 bridgehead atoms. The molecule has 7 heteroatoms. The van der Waals surface area contributed by atoms with Gasteiger partial charge >= 0.3 is 6.18 Å². The van der Waals surface area contributed by atoms with E-state index in [2.05, 4.69) is 15.9 Å². The first kappa shape index (κ1) is 12.4. The number of benzene rings is 1.